The smallest absolute Gasteiger partial charge is 0.138 e. The zero-order valence-electron chi connectivity index (χ0n) is 12.4. The molecule has 0 aliphatic carbocycles. The van der Waals surface area contributed by atoms with Gasteiger partial charge in [0.15, 0.2) is 0 Å². The van der Waals surface area contributed by atoms with Gasteiger partial charge >= 0.3 is 0 Å². The number of hydrazine groups is 1. The summed E-state index contributed by atoms with van der Waals surface area (Å²) in [7, 11) is 0. The lowest BCUT2D eigenvalue weighted by Crippen LogP contribution is -2.44. The Morgan fingerprint density at radius 1 is 1.37 bits per heavy atom. The Bertz CT molecular complexity index is 394. The average Bonchev–Trinajstić information content (AvgIpc) is 2.28. The highest BCUT2D eigenvalue weighted by molar-refractivity contribution is 5.27. The first-order valence-electron chi connectivity index (χ1n) is 6.62. The van der Waals surface area contributed by atoms with Crippen molar-refractivity contribution in [3.63, 3.8) is 0 Å². The molecule has 3 N–H and O–H groups in total. The predicted molar refractivity (Wildman–Crippen MR) is 75.8 cm³/mol. The van der Waals surface area contributed by atoms with Crippen molar-refractivity contribution in [3.05, 3.63) is 24.0 Å². The van der Waals surface area contributed by atoms with E-state index in [1.165, 1.54) is 0 Å². The van der Waals surface area contributed by atoms with Gasteiger partial charge in [-0.1, -0.05) is 0 Å². The van der Waals surface area contributed by atoms with Gasteiger partial charge in [0.05, 0.1) is 23.9 Å². The van der Waals surface area contributed by atoms with Crippen LogP contribution < -0.4 is 16.0 Å². The van der Waals surface area contributed by atoms with Gasteiger partial charge in [-0.15, -0.1) is 0 Å². The van der Waals surface area contributed by atoms with Crippen LogP contribution in [0.1, 0.15) is 46.2 Å². The summed E-state index contributed by atoms with van der Waals surface area (Å²) in [5, 5.41) is 0. The Kier molecular flexibility index (Phi) is 5.72. The fourth-order valence-corrected chi connectivity index (χ4v) is 2.08. The minimum absolute atomic E-state index is 0.112. The third-order valence-electron chi connectivity index (χ3n) is 2.82. The number of hydrogen-bond donors (Lipinski definition) is 2. The molecule has 0 spiro atoms. The summed E-state index contributed by atoms with van der Waals surface area (Å²) >= 11 is 0. The molecule has 1 atom stereocenters. The molecule has 108 valence electrons. The second-order valence-corrected chi connectivity index (χ2v) is 5.26. The molecule has 0 amide bonds. The van der Waals surface area contributed by atoms with Gasteiger partial charge in [-0.3, -0.25) is 16.3 Å². The van der Waals surface area contributed by atoms with Gasteiger partial charge < -0.3 is 9.47 Å². The molecule has 0 aliphatic heterocycles. The number of nitrogens with one attached hydrogen (secondary N) is 1. The van der Waals surface area contributed by atoms with Gasteiger partial charge in [-0.05, 0) is 46.2 Å². The maximum Gasteiger partial charge on any atom is 0.138 e. The van der Waals surface area contributed by atoms with Crippen molar-refractivity contribution >= 4 is 0 Å². The van der Waals surface area contributed by atoms with Crippen molar-refractivity contribution in [3.8, 4) is 5.75 Å². The zero-order valence-corrected chi connectivity index (χ0v) is 12.4. The average molecular weight is 267 g/mol. The van der Waals surface area contributed by atoms with E-state index in [0.29, 0.717) is 6.61 Å². The molecule has 0 aromatic carbocycles. The number of aromatic nitrogens is 1. The molecule has 0 saturated heterocycles. The summed E-state index contributed by atoms with van der Waals surface area (Å²) in [6.07, 6.45) is 3.59. The molecule has 1 aromatic heterocycles. The van der Waals surface area contributed by atoms with Crippen molar-refractivity contribution in [2.24, 2.45) is 5.84 Å². The highest BCUT2D eigenvalue weighted by Crippen LogP contribution is 2.29. The van der Waals surface area contributed by atoms with Crippen LogP contribution in [0.2, 0.25) is 0 Å². The monoisotopic (exact) mass is 267 g/mol. The van der Waals surface area contributed by atoms with Gasteiger partial charge in [0, 0.05) is 12.8 Å². The third-order valence-corrected chi connectivity index (χ3v) is 2.82. The summed E-state index contributed by atoms with van der Waals surface area (Å²) in [6, 6.07) is 1.79. The van der Waals surface area contributed by atoms with Crippen LogP contribution in [0.25, 0.3) is 0 Å². The number of rotatable bonds is 7. The summed E-state index contributed by atoms with van der Waals surface area (Å²) in [6.45, 7) is 10.5. The first-order valence-corrected chi connectivity index (χ1v) is 6.62. The SMILES string of the molecule is CCOC(C)(C)C(NN)c1cncc(OC(C)C)c1. The molecule has 5 nitrogen and oxygen atoms in total. The summed E-state index contributed by atoms with van der Waals surface area (Å²) in [5.74, 6) is 6.41. The topological polar surface area (TPSA) is 69.4 Å². The molecule has 0 fully saturated rings. The summed E-state index contributed by atoms with van der Waals surface area (Å²) in [5.41, 5.74) is 3.32. The fourth-order valence-electron chi connectivity index (χ4n) is 2.08. The van der Waals surface area contributed by atoms with E-state index in [9.17, 15) is 0 Å². The Hall–Kier alpha value is -1.17. The van der Waals surface area contributed by atoms with Crippen LogP contribution in [-0.2, 0) is 4.74 Å². The van der Waals surface area contributed by atoms with Crippen LogP contribution in [0.3, 0.4) is 0 Å². The van der Waals surface area contributed by atoms with Crippen LogP contribution in [-0.4, -0.2) is 23.3 Å². The molecule has 0 aliphatic rings. The highest BCUT2D eigenvalue weighted by atomic mass is 16.5. The molecular weight excluding hydrogens is 242 g/mol. The number of nitrogens with zero attached hydrogens (tertiary/aromatic N) is 1. The minimum Gasteiger partial charge on any atom is -0.489 e. The lowest BCUT2D eigenvalue weighted by atomic mass is 9.93. The Morgan fingerprint density at radius 3 is 2.58 bits per heavy atom. The van der Waals surface area contributed by atoms with E-state index in [2.05, 4.69) is 10.4 Å². The van der Waals surface area contributed by atoms with Crippen molar-refractivity contribution in [1.82, 2.24) is 10.4 Å². The molecular formula is C14H25N3O2. The van der Waals surface area contributed by atoms with E-state index in [-0.39, 0.29) is 12.1 Å². The van der Waals surface area contributed by atoms with Gasteiger partial charge in [0.25, 0.3) is 0 Å². The standard InChI is InChI=1S/C14H25N3O2/c1-6-18-14(4,5)13(17-15)11-7-12(9-16-8-11)19-10(2)3/h7-10,13,17H,6,15H2,1-5H3. The molecule has 1 aromatic rings. The quantitative estimate of drug-likeness (QED) is 0.585. The Labute approximate surface area is 115 Å². The molecule has 0 bridgehead atoms. The first kappa shape index (κ1) is 15.9. The molecule has 0 saturated carbocycles. The fraction of sp³-hybridized carbons (Fsp3) is 0.643. The van der Waals surface area contributed by atoms with Crippen LogP contribution in [0.4, 0.5) is 0 Å². The van der Waals surface area contributed by atoms with Gasteiger partial charge in [0.1, 0.15) is 5.75 Å². The maximum absolute atomic E-state index is 5.75. The van der Waals surface area contributed by atoms with E-state index in [0.717, 1.165) is 11.3 Å². The van der Waals surface area contributed by atoms with Crippen LogP contribution in [0.5, 0.6) is 5.75 Å². The molecule has 5 heteroatoms. The van der Waals surface area contributed by atoms with Crippen LogP contribution in [0, 0.1) is 0 Å². The lowest BCUT2D eigenvalue weighted by molar-refractivity contribution is -0.0393. The van der Waals surface area contributed by atoms with Crippen LogP contribution >= 0.6 is 0 Å². The molecule has 1 heterocycles. The zero-order chi connectivity index (χ0) is 14.5. The third kappa shape index (κ3) is 4.45. The van der Waals surface area contributed by atoms with Crippen molar-refractivity contribution < 1.29 is 9.47 Å². The van der Waals surface area contributed by atoms with Gasteiger partial charge in [-0.25, -0.2) is 0 Å². The largest absolute Gasteiger partial charge is 0.489 e. The van der Waals surface area contributed by atoms with E-state index in [1.807, 2.05) is 40.7 Å². The Morgan fingerprint density at radius 2 is 2.05 bits per heavy atom. The van der Waals surface area contributed by atoms with E-state index in [1.54, 1.807) is 12.4 Å². The molecule has 19 heavy (non-hydrogen) atoms. The van der Waals surface area contributed by atoms with Crippen LogP contribution in [0.15, 0.2) is 18.5 Å². The second-order valence-electron chi connectivity index (χ2n) is 5.26. The van der Waals surface area contributed by atoms with E-state index in [4.69, 9.17) is 15.3 Å². The minimum atomic E-state index is -0.429. The maximum atomic E-state index is 5.75. The summed E-state index contributed by atoms with van der Waals surface area (Å²) < 4.78 is 11.4. The number of nitrogens with two attached hydrogens (primary N) is 1. The van der Waals surface area contributed by atoms with Crippen molar-refractivity contribution in [2.75, 3.05) is 6.61 Å². The number of pyridine rings is 1. The number of ether oxygens (including phenoxy) is 2. The predicted octanol–water partition coefficient (Wildman–Crippen LogP) is 2.19. The molecule has 1 unspecified atom stereocenters. The van der Waals surface area contributed by atoms with Crippen molar-refractivity contribution in [2.45, 2.75) is 52.4 Å². The Balaban J connectivity index is 2.98. The van der Waals surface area contributed by atoms with Crippen molar-refractivity contribution in [1.29, 1.82) is 0 Å². The summed E-state index contributed by atoms with van der Waals surface area (Å²) in [4.78, 5) is 4.20. The highest BCUT2D eigenvalue weighted by Gasteiger charge is 2.31. The van der Waals surface area contributed by atoms with E-state index >= 15 is 0 Å². The molecule has 1 rings (SSSR count). The van der Waals surface area contributed by atoms with Gasteiger partial charge in [-0.2, -0.15) is 0 Å². The second kappa shape index (κ2) is 6.84. The number of hydrogen-bond acceptors (Lipinski definition) is 5. The molecule has 0 radical (unpaired) electrons. The first-order chi connectivity index (χ1) is 8.90. The normalized spacial score (nSPS) is 13.6. The lowest BCUT2D eigenvalue weighted by Gasteiger charge is -2.33. The van der Waals surface area contributed by atoms with E-state index < -0.39 is 5.60 Å². The van der Waals surface area contributed by atoms with Gasteiger partial charge in [0.2, 0.25) is 0 Å².